The van der Waals surface area contributed by atoms with Gasteiger partial charge in [0, 0.05) is 18.1 Å². The quantitative estimate of drug-likeness (QED) is 0.420. The van der Waals surface area contributed by atoms with E-state index in [-0.39, 0.29) is 0 Å². The maximum Gasteiger partial charge on any atom is 0.179 e. The summed E-state index contributed by atoms with van der Waals surface area (Å²) in [5, 5.41) is 0. The van der Waals surface area contributed by atoms with Crippen LogP contribution in [0.15, 0.2) is 24.5 Å². The summed E-state index contributed by atoms with van der Waals surface area (Å²) in [7, 11) is -4.58. The first-order valence-corrected chi connectivity index (χ1v) is 8.92. The number of unbranched alkanes of at least 4 members (excludes halogenated alkanes) is 5. The lowest BCUT2D eigenvalue weighted by atomic mass is 10.1. The standard InChI is InChI=1S/C14H24N.CH3FO3S/c1-3-4-5-6-7-8-11-15-12-9-10-14(2)13-15;2-1-6(3,4)5/h9-10,12-13H,3-8,11H2,1-2H3;1H2,(H,3,4,5)/q+1;/p-1. The van der Waals surface area contributed by atoms with E-state index in [0.29, 0.717) is 0 Å². The predicted molar refractivity (Wildman–Crippen MR) is 80.4 cm³/mol. The van der Waals surface area contributed by atoms with Crippen LogP contribution in [0.2, 0.25) is 0 Å². The first kappa shape index (κ1) is 20.0. The molecule has 0 atom stereocenters. The van der Waals surface area contributed by atoms with Gasteiger partial charge in [-0.3, -0.25) is 0 Å². The van der Waals surface area contributed by atoms with Gasteiger partial charge in [0.1, 0.15) is 16.7 Å². The number of hydrogen-bond donors (Lipinski definition) is 0. The fourth-order valence-electron chi connectivity index (χ4n) is 1.87. The van der Waals surface area contributed by atoms with E-state index in [1.807, 2.05) is 0 Å². The van der Waals surface area contributed by atoms with Crippen LogP contribution < -0.4 is 4.57 Å². The van der Waals surface area contributed by atoms with Crippen LogP contribution in [0.5, 0.6) is 0 Å². The molecule has 0 saturated heterocycles. The summed E-state index contributed by atoms with van der Waals surface area (Å²) in [6.45, 7) is 5.59. The highest BCUT2D eigenvalue weighted by Gasteiger charge is 1.99. The van der Waals surface area contributed by atoms with E-state index in [1.54, 1.807) is 0 Å². The van der Waals surface area contributed by atoms with Crippen molar-refractivity contribution in [1.82, 2.24) is 0 Å². The van der Waals surface area contributed by atoms with Crippen LogP contribution in [0.4, 0.5) is 4.39 Å². The summed E-state index contributed by atoms with van der Waals surface area (Å²) in [6.07, 6.45) is 12.6. The van der Waals surface area contributed by atoms with E-state index in [0.717, 1.165) is 0 Å². The topological polar surface area (TPSA) is 61.1 Å². The molecule has 0 amide bonds. The van der Waals surface area contributed by atoms with E-state index >= 15 is 0 Å². The largest absolute Gasteiger partial charge is 0.746 e. The van der Waals surface area contributed by atoms with Crippen molar-refractivity contribution in [1.29, 1.82) is 0 Å². The zero-order chi connectivity index (χ0) is 16.1. The number of aryl methyl sites for hydroxylation is 2. The van der Waals surface area contributed by atoms with Crippen LogP contribution in [0.1, 0.15) is 51.0 Å². The monoisotopic (exact) mass is 319 g/mol. The van der Waals surface area contributed by atoms with Crippen LogP contribution in [0.25, 0.3) is 0 Å². The lowest BCUT2D eigenvalue weighted by Crippen LogP contribution is -2.32. The van der Waals surface area contributed by atoms with Gasteiger partial charge in [-0.2, -0.15) is 0 Å². The average Bonchev–Trinajstić information content (AvgIpc) is 2.43. The third-order valence-electron chi connectivity index (χ3n) is 2.91. The number of rotatable bonds is 8. The molecule has 0 aliphatic rings. The Bertz CT molecular complexity index is 478. The zero-order valence-electron chi connectivity index (χ0n) is 12.9. The molecular formula is C15H26FNO3S. The van der Waals surface area contributed by atoms with Gasteiger partial charge in [-0.1, -0.05) is 32.6 Å². The van der Waals surface area contributed by atoms with Crippen molar-refractivity contribution in [3.05, 3.63) is 30.1 Å². The Morgan fingerprint density at radius 3 is 2.29 bits per heavy atom. The maximum absolute atomic E-state index is 10.6. The van der Waals surface area contributed by atoms with E-state index in [9.17, 15) is 4.39 Å². The van der Waals surface area contributed by atoms with Gasteiger partial charge in [0.15, 0.2) is 18.4 Å². The summed E-state index contributed by atoms with van der Waals surface area (Å²) >= 11 is 0. The number of pyridine rings is 1. The summed E-state index contributed by atoms with van der Waals surface area (Å²) in [5.74, 6) is 0. The lowest BCUT2D eigenvalue weighted by Gasteiger charge is -1.99. The Labute approximate surface area is 127 Å². The highest BCUT2D eigenvalue weighted by Crippen LogP contribution is 2.04. The molecule has 21 heavy (non-hydrogen) atoms. The third kappa shape index (κ3) is 13.7. The number of halogens is 1. The van der Waals surface area contributed by atoms with Crippen LogP contribution in [-0.2, 0) is 16.7 Å². The van der Waals surface area contributed by atoms with Crippen LogP contribution >= 0.6 is 0 Å². The second-order valence-electron chi connectivity index (χ2n) is 5.05. The predicted octanol–water partition coefficient (Wildman–Crippen LogP) is 3.10. The molecule has 4 nitrogen and oxygen atoms in total. The molecular weight excluding hydrogens is 293 g/mol. The minimum Gasteiger partial charge on any atom is -0.746 e. The number of alkyl halides is 1. The maximum atomic E-state index is 10.6. The molecule has 0 unspecified atom stereocenters. The van der Waals surface area contributed by atoms with Crippen molar-refractivity contribution in [2.75, 3.05) is 6.01 Å². The van der Waals surface area contributed by atoms with Gasteiger partial charge in [0.05, 0.1) is 0 Å². The molecule has 0 aliphatic carbocycles. The van der Waals surface area contributed by atoms with Gasteiger partial charge < -0.3 is 4.55 Å². The molecule has 122 valence electrons. The van der Waals surface area contributed by atoms with Crippen LogP contribution in [0.3, 0.4) is 0 Å². The smallest absolute Gasteiger partial charge is 0.179 e. The summed E-state index contributed by atoms with van der Waals surface area (Å²) in [5.41, 5.74) is 1.35. The van der Waals surface area contributed by atoms with Crippen molar-refractivity contribution < 1.29 is 21.9 Å². The second kappa shape index (κ2) is 11.6. The molecule has 0 fully saturated rings. The minimum absolute atomic E-state index is 1.17. The zero-order valence-corrected chi connectivity index (χ0v) is 13.7. The van der Waals surface area contributed by atoms with Gasteiger partial charge >= 0.3 is 0 Å². The highest BCUT2D eigenvalue weighted by atomic mass is 32.2. The minimum atomic E-state index is -4.58. The summed E-state index contributed by atoms with van der Waals surface area (Å²) < 4.78 is 40.1. The Kier molecular flexibility index (Phi) is 11.1. The second-order valence-corrected chi connectivity index (χ2v) is 6.39. The molecule has 0 N–H and O–H groups in total. The van der Waals surface area contributed by atoms with Crippen molar-refractivity contribution in [3.63, 3.8) is 0 Å². The highest BCUT2D eigenvalue weighted by molar-refractivity contribution is 7.85. The molecule has 0 saturated carbocycles. The lowest BCUT2D eigenvalue weighted by molar-refractivity contribution is -0.697. The van der Waals surface area contributed by atoms with E-state index in [2.05, 4.69) is 42.9 Å². The molecule has 0 aliphatic heterocycles. The number of nitrogens with zero attached hydrogens (tertiary/aromatic N) is 1. The molecule has 0 aromatic carbocycles. The molecule has 1 heterocycles. The fourth-order valence-corrected chi connectivity index (χ4v) is 1.87. The normalized spacial score (nSPS) is 10.9. The molecule has 0 radical (unpaired) electrons. The SMILES string of the molecule is CCCCCCCC[n+]1cccc(C)c1.O=S(=O)([O-])CF. The molecule has 1 aromatic heterocycles. The van der Waals surface area contributed by atoms with E-state index in [4.69, 9.17) is 13.0 Å². The van der Waals surface area contributed by atoms with Crippen LogP contribution in [-0.4, -0.2) is 19.0 Å². The van der Waals surface area contributed by atoms with Crippen molar-refractivity contribution in [3.8, 4) is 0 Å². The van der Waals surface area contributed by atoms with Gasteiger partial charge in [0.2, 0.25) is 0 Å². The first-order valence-electron chi connectivity index (χ1n) is 7.34. The third-order valence-corrected chi connectivity index (χ3v) is 3.18. The molecule has 0 bridgehead atoms. The first-order chi connectivity index (χ1) is 9.89. The van der Waals surface area contributed by atoms with Gasteiger partial charge in [-0.15, -0.1) is 0 Å². The van der Waals surface area contributed by atoms with Gasteiger partial charge in [-0.05, 0) is 19.4 Å². The van der Waals surface area contributed by atoms with E-state index in [1.165, 1.54) is 50.6 Å². The Hall–Kier alpha value is -1.01. The average molecular weight is 319 g/mol. The van der Waals surface area contributed by atoms with Crippen molar-refractivity contribution >= 4 is 10.1 Å². The Balaban J connectivity index is 0.000000567. The Morgan fingerprint density at radius 2 is 1.76 bits per heavy atom. The Morgan fingerprint density at radius 1 is 1.19 bits per heavy atom. The summed E-state index contributed by atoms with van der Waals surface area (Å²) in [4.78, 5) is 0. The van der Waals surface area contributed by atoms with Crippen molar-refractivity contribution in [2.24, 2.45) is 0 Å². The van der Waals surface area contributed by atoms with Crippen molar-refractivity contribution in [2.45, 2.75) is 58.9 Å². The molecule has 6 heteroatoms. The molecule has 1 rings (SSSR count). The van der Waals surface area contributed by atoms with E-state index < -0.39 is 16.1 Å². The van der Waals surface area contributed by atoms with Gasteiger partial charge in [0.25, 0.3) is 0 Å². The number of hydrogen-bond acceptors (Lipinski definition) is 3. The molecule has 1 aromatic rings. The van der Waals surface area contributed by atoms with Crippen LogP contribution in [0, 0.1) is 6.92 Å². The molecule has 0 spiro atoms. The summed E-state index contributed by atoms with van der Waals surface area (Å²) in [6, 6.07) is 2.47. The number of aromatic nitrogens is 1. The van der Waals surface area contributed by atoms with Gasteiger partial charge in [-0.25, -0.2) is 17.4 Å². The fraction of sp³-hybridized carbons (Fsp3) is 0.667.